The van der Waals surface area contributed by atoms with Crippen molar-refractivity contribution in [3.63, 3.8) is 0 Å². The highest BCUT2D eigenvalue weighted by atomic mass is 32.2. The fourth-order valence-corrected chi connectivity index (χ4v) is 3.60. The lowest BCUT2D eigenvalue weighted by Gasteiger charge is -2.24. The average Bonchev–Trinajstić information content (AvgIpc) is 2.59. The normalized spacial score (nSPS) is 11.0. The first kappa shape index (κ1) is 20.6. The molecule has 8 heteroatoms. The lowest BCUT2D eigenvalue weighted by Crippen LogP contribution is -2.37. The summed E-state index contributed by atoms with van der Waals surface area (Å²) in [5.74, 6) is 0.516. The number of benzene rings is 2. The third-order valence-corrected chi connectivity index (χ3v) is 5.12. The number of rotatable bonds is 7. The Morgan fingerprint density at radius 2 is 1.78 bits per heavy atom. The monoisotopic (exact) mass is 392 g/mol. The van der Waals surface area contributed by atoms with Gasteiger partial charge in [-0.15, -0.1) is 0 Å². The second-order valence-electron chi connectivity index (χ2n) is 6.17. The molecule has 1 amide bonds. The van der Waals surface area contributed by atoms with Gasteiger partial charge in [-0.2, -0.15) is 0 Å². The van der Waals surface area contributed by atoms with Crippen LogP contribution in [-0.4, -0.2) is 41.3 Å². The number of ether oxygens (including phenoxy) is 2. The molecule has 0 saturated heterocycles. The van der Waals surface area contributed by atoms with Gasteiger partial charge in [-0.05, 0) is 37.6 Å². The molecule has 2 rings (SSSR count). The first-order valence-corrected chi connectivity index (χ1v) is 10.1. The van der Waals surface area contributed by atoms with E-state index in [1.807, 2.05) is 26.0 Å². The number of hydrogen-bond acceptors (Lipinski definition) is 5. The van der Waals surface area contributed by atoms with Crippen molar-refractivity contribution in [3.8, 4) is 11.5 Å². The van der Waals surface area contributed by atoms with Crippen LogP contribution >= 0.6 is 0 Å². The van der Waals surface area contributed by atoms with Crippen molar-refractivity contribution < 1.29 is 22.7 Å². The fourth-order valence-electron chi connectivity index (χ4n) is 2.69. The maximum atomic E-state index is 12.5. The van der Waals surface area contributed by atoms with Crippen LogP contribution in [0, 0.1) is 13.8 Å². The number of nitrogens with one attached hydrogen (secondary N) is 1. The largest absolute Gasteiger partial charge is 0.497 e. The van der Waals surface area contributed by atoms with Crippen molar-refractivity contribution in [2.45, 2.75) is 13.8 Å². The molecule has 1 N–H and O–H groups in total. The van der Waals surface area contributed by atoms with Gasteiger partial charge in [-0.25, -0.2) is 8.42 Å². The van der Waals surface area contributed by atoms with Crippen LogP contribution in [0.1, 0.15) is 11.1 Å². The molecule has 0 aliphatic rings. The molecule has 0 atom stereocenters. The number of nitrogens with zero attached hydrogens (tertiary/aromatic N) is 1. The maximum absolute atomic E-state index is 12.5. The van der Waals surface area contributed by atoms with Crippen LogP contribution in [0.2, 0.25) is 0 Å². The van der Waals surface area contributed by atoms with E-state index < -0.39 is 15.9 Å². The molecule has 27 heavy (non-hydrogen) atoms. The molecule has 0 bridgehead atoms. The number of anilines is 2. The molecule has 0 aromatic heterocycles. The summed E-state index contributed by atoms with van der Waals surface area (Å²) in [4.78, 5) is 12.5. The Labute approximate surface area is 160 Å². The van der Waals surface area contributed by atoms with Gasteiger partial charge in [0, 0.05) is 6.07 Å². The topological polar surface area (TPSA) is 84.9 Å². The van der Waals surface area contributed by atoms with Crippen molar-refractivity contribution in [2.24, 2.45) is 0 Å². The molecule has 0 spiro atoms. The molecule has 0 unspecified atom stereocenters. The molecule has 0 aliphatic heterocycles. The van der Waals surface area contributed by atoms with Gasteiger partial charge in [-0.3, -0.25) is 9.10 Å². The number of hydrogen-bond donors (Lipinski definition) is 1. The van der Waals surface area contributed by atoms with Crippen LogP contribution in [0.15, 0.2) is 36.4 Å². The van der Waals surface area contributed by atoms with Gasteiger partial charge in [0.05, 0.1) is 31.9 Å². The summed E-state index contributed by atoms with van der Waals surface area (Å²) >= 11 is 0. The zero-order valence-electron chi connectivity index (χ0n) is 16.1. The molecular weight excluding hydrogens is 368 g/mol. The smallest absolute Gasteiger partial charge is 0.245 e. The zero-order valence-corrected chi connectivity index (χ0v) is 16.9. The van der Waals surface area contributed by atoms with Crippen LogP contribution in [0.25, 0.3) is 0 Å². The van der Waals surface area contributed by atoms with Gasteiger partial charge in [0.25, 0.3) is 0 Å². The van der Waals surface area contributed by atoms with Crippen LogP contribution in [0.5, 0.6) is 11.5 Å². The maximum Gasteiger partial charge on any atom is 0.245 e. The summed E-state index contributed by atoms with van der Waals surface area (Å²) in [7, 11) is -0.642. The fraction of sp³-hybridized carbons (Fsp3) is 0.316. The molecular formula is C19H24N2O5S. The Morgan fingerprint density at radius 3 is 2.33 bits per heavy atom. The number of methoxy groups -OCH3 is 2. The molecule has 0 fully saturated rings. The predicted molar refractivity (Wildman–Crippen MR) is 106 cm³/mol. The lowest BCUT2D eigenvalue weighted by molar-refractivity contribution is -0.114. The van der Waals surface area contributed by atoms with Gasteiger partial charge in [0.2, 0.25) is 15.9 Å². The standard InChI is InChI=1S/C19H24N2O5S/c1-13-6-9-17(14(2)10-13)21(27(5,23)24)12-19(22)20-16-8-7-15(25-3)11-18(16)26-4/h6-11H,12H2,1-5H3,(H,20,22). The minimum atomic E-state index is -3.65. The second kappa shape index (κ2) is 8.30. The molecule has 0 saturated carbocycles. The number of sulfonamides is 1. The summed E-state index contributed by atoms with van der Waals surface area (Å²) < 4.78 is 36.0. The van der Waals surface area contributed by atoms with Crippen LogP contribution in [0.4, 0.5) is 11.4 Å². The molecule has 0 heterocycles. The summed E-state index contributed by atoms with van der Waals surface area (Å²) in [5.41, 5.74) is 2.68. The van der Waals surface area contributed by atoms with E-state index in [9.17, 15) is 13.2 Å². The first-order chi connectivity index (χ1) is 12.7. The number of carbonyl (C=O) groups is 1. The predicted octanol–water partition coefficient (Wildman–Crippen LogP) is 2.73. The van der Waals surface area contributed by atoms with Crippen molar-refractivity contribution >= 4 is 27.3 Å². The average molecular weight is 392 g/mol. The molecule has 146 valence electrons. The quantitative estimate of drug-likeness (QED) is 0.783. The molecule has 7 nitrogen and oxygen atoms in total. The van der Waals surface area contributed by atoms with E-state index in [4.69, 9.17) is 9.47 Å². The first-order valence-electron chi connectivity index (χ1n) is 8.22. The van der Waals surface area contributed by atoms with E-state index in [0.717, 1.165) is 21.7 Å². The Balaban J connectivity index is 2.27. The molecule has 0 aliphatic carbocycles. The van der Waals surface area contributed by atoms with Gasteiger partial charge in [0.1, 0.15) is 18.0 Å². The zero-order chi connectivity index (χ0) is 20.2. The summed E-state index contributed by atoms with van der Waals surface area (Å²) in [6.07, 6.45) is 1.08. The Bertz CT molecular complexity index is 941. The van der Waals surface area contributed by atoms with Gasteiger partial charge >= 0.3 is 0 Å². The molecule has 2 aromatic rings. The highest BCUT2D eigenvalue weighted by molar-refractivity contribution is 7.92. The number of amides is 1. The van der Waals surface area contributed by atoms with E-state index in [1.54, 1.807) is 24.3 Å². The molecule has 0 radical (unpaired) electrons. The van der Waals surface area contributed by atoms with E-state index in [2.05, 4.69) is 5.32 Å². The van der Waals surface area contributed by atoms with Gasteiger partial charge in [-0.1, -0.05) is 17.7 Å². The van der Waals surface area contributed by atoms with E-state index in [1.165, 1.54) is 14.2 Å². The van der Waals surface area contributed by atoms with Crippen LogP contribution < -0.4 is 19.1 Å². The number of aryl methyl sites for hydroxylation is 2. The van der Waals surface area contributed by atoms with Crippen LogP contribution in [0.3, 0.4) is 0 Å². The van der Waals surface area contributed by atoms with Gasteiger partial charge in [0.15, 0.2) is 0 Å². The second-order valence-corrected chi connectivity index (χ2v) is 8.08. The highest BCUT2D eigenvalue weighted by Crippen LogP contribution is 2.29. The van der Waals surface area contributed by atoms with Crippen molar-refractivity contribution in [1.29, 1.82) is 0 Å². The summed E-state index contributed by atoms with van der Waals surface area (Å²) in [5, 5.41) is 2.69. The summed E-state index contributed by atoms with van der Waals surface area (Å²) in [6.45, 7) is 3.38. The Kier molecular flexibility index (Phi) is 6.32. The Hall–Kier alpha value is -2.74. The third-order valence-electron chi connectivity index (χ3n) is 3.99. The Morgan fingerprint density at radius 1 is 1.07 bits per heavy atom. The third kappa shape index (κ3) is 5.13. The van der Waals surface area contributed by atoms with Crippen molar-refractivity contribution in [1.82, 2.24) is 0 Å². The number of carbonyl (C=O) groups excluding carboxylic acids is 1. The van der Waals surface area contributed by atoms with E-state index >= 15 is 0 Å². The van der Waals surface area contributed by atoms with E-state index in [0.29, 0.717) is 22.9 Å². The van der Waals surface area contributed by atoms with Crippen LogP contribution in [-0.2, 0) is 14.8 Å². The van der Waals surface area contributed by atoms with Crippen molar-refractivity contribution in [3.05, 3.63) is 47.5 Å². The lowest BCUT2D eigenvalue weighted by atomic mass is 10.1. The summed E-state index contributed by atoms with van der Waals surface area (Å²) in [6, 6.07) is 10.3. The molecule has 2 aromatic carbocycles. The highest BCUT2D eigenvalue weighted by Gasteiger charge is 2.23. The minimum absolute atomic E-state index is 0.349. The minimum Gasteiger partial charge on any atom is -0.497 e. The SMILES string of the molecule is COc1ccc(NC(=O)CN(c2ccc(C)cc2C)S(C)(=O)=O)c(OC)c1. The van der Waals surface area contributed by atoms with E-state index in [-0.39, 0.29) is 6.54 Å². The van der Waals surface area contributed by atoms with Gasteiger partial charge < -0.3 is 14.8 Å². The van der Waals surface area contributed by atoms with Crippen molar-refractivity contribution in [2.75, 3.05) is 36.6 Å².